The summed E-state index contributed by atoms with van der Waals surface area (Å²) < 4.78 is 18.9. The molecule has 3 fully saturated rings. The fraction of sp³-hybridized carbons (Fsp3) is 0.423. The lowest BCUT2D eigenvalue weighted by atomic mass is 9.72. The minimum absolute atomic E-state index is 0.111. The molecule has 3 aliphatic rings. The van der Waals surface area contributed by atoms with Crippen LogP contribution in [-0.4, -0.2) is 41.2 Å². The zero-order valence-electron chi connectivity index (χ0n) is 18.1. The molecule has 162 valence electrons. The number of nitrogens with zero attached hydrogens (tertiary/aromatic N) is 2. The van der Waals surface area contributed by atoms with Gasteiger partial charge in [-0.05, 0) is 85.3 Å². The number of methoxy groups -OCH3 is 1. The van der Waals surface area contributed by atoms with Crippen LogP contribution in [0.15, 0.2) is 48.5 Å². The largest absolute Gasteiger partial charge is 0.497 e. The Bertz CT molecular complexity index is 1080. The van der Waals surface area contributed by atoms with Gasteiger partial charge in [0.25, 0.3) is 0 Å². The summed E-state index contributed by atoms with van der Waals surface area (Å²) in [6, 6.07) is 14.2. The van der Waals surface area contributed by atoms with Crippen LogP contribution in [0, 0.1) is 17.7 Å². The molecule has 1 N–H and O–H groups in total. The SMILES string of the molecule is CC[C@H]1CN2CC[C@H]1CC2[C@H](O)c1cc(-c2ccc(F)cc2)nc2ccc(OC)cc12. The first-order valence-corrected chi connectivity index (χ1v) is 11.2. The van der Waals surface area contributed by atoms with Gasteiger partial charge in [-0.3, -0.25) is 4.90 Å². The van der Waals surface area contributed by atoms with E-state index in [2.05, 4.69) is 11.8 Å². The second kappa shape index (κ2) is 8.21. The van der Waals surface area contributed by atoms with Crippen LogP contribution in [0.2, 0.25) is 0 Å². The van der Waals surface area contributed by atoms with Gasteiger partial charge in [0.1, 0.15) is 11.6 Å². The number of hydrogen-bond donors (Lipinski definition) is 1. The Hall–Kier alpha value is -2.50. The zero-order chi connectivity index (χ0) is 21.5. The quantitative estimate of drug-likeness (QED) is 0.616. The molecular formula is C26H29FN2O2. The molecule has 2 unspecified atom stereocenters. The van der Waals surface area contributed by atoms with Gasteiger partial charge >= 0.3 is 0 Å². The number of fused-ring (bicyclic) bond motifs is 4. The van der Waals surface area contributed by atoms with E-state index >= 15 is 0 Å². The van der Waals surface area contributed by atoms with Crippen LogP contribution < -0.4 is 4.74 Å². The average Bonchev–Trinajstić information content (AvgIpc) is 2.83. The summed E-state index contributed by atoms with van der Waals surface area (Å²) in [6.45, 7) is 4.40. The van der Waals surface area contributed by atoms with Crippen molar-refractivity contribution in [2.24, 2.45) is 11.8 Å². The number of ether oxygens (including phenoxy) is 1. The number of aliphatic hydroxyl groups is 1. The molecule has 2 aromatic carbocycles. The van der Waals surface area contributed by atoms with Crippen LogP contribution in [0.3, 0.4) is 0 Å². The second-order valence-electron chi connectivity index (χ2n) is 8.95. The molecule has 4 nitrogen and oxygen atoms in total. The number of halogens is 1. The molecule has 3 saturated heterocycles. The van der Waals surface area contributed by atoms with Crippen LogP contribution in [0.4, 0.5) is 4.39 Å². The molecule has 0 saturated carbocycles. The predicted molar refractivity (Wildman–Crippen MR) is 121 cm³/mol. The smallest absolute Gasteiger partial charge is 0.123 e. The Kier molecular flexibility index (Phi) is 5.40. The Labute approximate surface area is 182 Å². The predicted octanol–water partition coefficient (Wildman–Crippen LogP) is 5.20. The molecule has 3 aliphatic heterocycles. The van der Waals surface area contributed by atoms with E-state index in [4.69, 9.17) is 9.72 Å². The summed E-state index contributed by atoms with van der Waals surface area (Å²) in [7, 11) is 1.65. The number of aliphatic hydroxyl groups excluding tert-OH is 1. The molecule has 31 heavy (non-hydrogen) atoms. The van der Waals surface area contributed by atoms with Crippen molar-refractivity contribution in [3.63, 3.8) is 0 Å². The van der Waals surface area contributed by atoms with E-state index in [1.54, 1.807) is 19.2 Å². The van der Waals surface area contributed by atoms with Crippen molar-refractivity contribution < 1.29 is 14.2 Å². The maximum Gasteiger partial charge on any atom is 0.123 e. The van der Waals surface area contributed by atoms with Crippen molar-refractivity contribution in [2.45, 2.75) is 38.3 Å². The molecule has 0 radical (unpaired) electrons. The number of rotatable bonds is 5. The van der Waals surface area contributed by atoms with Crippen molar-refractivity contribution in [3.8, 4) is 17.0 Å². The van der Waals surface area contributed by atoms with Crippen LogP contribution in [0.25, 0.3) is 22.2 Å². The minimum atomic E-state index is -0.614. The normalized spacial score (nSPS) is 26.2. The number of benzene rings is 2. The number of pyridine rings is 1. The van der Waals surface area contributed by atoms with Gasteiger partial charge in [0.05, 0.1) is 24.4 Å². The number of hydrogen-bond acceptors (Lipinski definition) is 4. The summed E-state index contributed by atoms with van der Waals surface area (Å²) in [4.78, 5) is 7.28. The summed E-state index contributed by atoms with van der Waals surface area (Å²) in [5, 5.41) is 12.5. The average molecular weight is 421 g/mol. The maximum atomic E-state index is 13.5. The fourth-order valence-electron chi connectivity index (χ4n) is 5.55. The molecule has 5 atom stereocenters. The molecule has 4 heterocycles. The van der Waals surface area contributed by atoms with Gasteiger partial charge in [-0.25, -0.2) is 9.37 Å². The summed E-state index contributed by atoms with van der Waals surface area (Å²) in [5.41, 5.74) is 3.26. The lowest BCUT2D eigenvalue weighted by Crippen LogP contribution is -2.55. The van der Waals surface area contributed by atoms with Gasteiger partial charge in [-0.1, -0.05) is 13.3 Å². The summed E-state index contributed by atoms with van der Waals surface area (Å²) >= 11 is 0. The summed E-state index contributed by atoms with van der Waals surface area (Å²) in [6.07, 6.45) is 2.85. The maximum absolute atomic E-state index is 13.5. The zero-order valence-corrected chi connectivity index (χ0v) is 18.1. The van der Waals surface area contributed by atoms with Crippen LogP contribution in [0.1, 0.15) is 37.9 Å². The van der Waals surface area contributed by atoms with E-state index in [0.717, 1.165) is 58.9 Å². The highest BCUT2D eigenvalue weighted by Crippen LogP contribution is 2.43. The van der Waals surface area contributed by atoms with Crippen molar-refractivity contribution in [1.29, 1.82) is 0 Å². The van der Waals surface area contributed by atoms with E-state index in [-0.39, 0.29) is 11.9 Å². The third-order valence-electron chi connectivity index (χ3n) is 7.33. The Morgan fingerprint density at radius 3 is 2.68 bits per heavy atom. The lowest BCUT2D eigenvalue weighted by Gasteiger charge is -2.51. The van der Waals surface area contributed by atoms with Gasteiger partial charge < -0.3 is 9.84 Å². The molecule has 2 bridgehead atoms. The molecule has 6 rings (SSSR count). The Morgan fingerprint density at radius 2 is 2.00 bits per heavy atom. The first kappa shape index (κ1) is 20.4. The molecule has 0 amide bonds. The van der Waals surface area contributed by atoms with Crippen molar-refractivity contribution in [3.05, 3.63) is 59.9 Å². The highest BCUT2D eigenvalue weighted by Gasteiger charge is 2.42. The van der Waals surface area contributed by atoms with Gasteiger partial charge in [0, 0.05) is 23.5 Å². The lowest BCUT2D eigenvalue weighted by molar-refractivity contribution is -0.0562. The molecule has 3 aromatic rings. The molecule has 5 heteroatoms. The molecule has 0 spiro atoms. The minimum Gasteiger partial charge on any atom is -0.497 e. The number of aromatic nitrogens is 1. The molecular weight excluding hydrogens is 391 g/mol. The third kappa shape index (κ3) is 3.70. The molecule has 1 aromatic heterocycles. The number of piperidine rings is 3. The van der Waals surface area contributed by atoms with Crippen LogP contribution in [0.5, 0.6) is 5.75 Å². The highest BCUT2D eigenvalue weighted by atomic mass is 19.1. The van der Waals surface area contributed by atoms with E-state index in [1.165, 1.54) is 25.0 Å². The highest BCUT2D eigenvalue weighted by molar-refractivity contribution is 5.87. The van der Waals surface area contributed by atoms with Crippen molar-refractivity contribution in [1.82, 2.24) is 9.88 Å². The summed E-state index contributed by atoms with van der Waals surface area (Å²) in [5.74, 6) is 1.90. The van der Waals surface area contributed by atoms with Gasteiger partial charge in [0.15, 0.2) is 0 Å². The second-order valence-corrected chi connectivity index (χ2v) is 8.95. The van der Waals surface area contributed by atoms with Crippen molar-refractivity contribution >= 4 is 10.9 Å². The van der Waals surface area contributed by atoms with Gasteiger partial charge in [0.2, 0.25) is 0 Å². The Balaban J connectivity index is 1.59. The van der Waals surface area contributed by atoms with Crippen molar-refractivity contribution in [2.75, 3.05) is 20.2 Å². The van der Waals surface area contributed by atoms with E-state index in [9.17, 15) is 9.50 Å². The van der Waals surface area contributed by atoms with E-state index in [0.29, 0.717) is 5.92 Å². The standard InChI is InChI=1S/C26H29FN2O2/c1-3-16-15-29-11-10-18(16)12-25(29)26(30)22-14-24(17-4-6-19(27)7-5-17)28-23-9-8-20(31-2)13-21(22)23/h4-9,13-14,16,18,25-26,30H,3,10-12,15H2,1-2H3/t16-,18-,25?,26+/m0/s1. The van der Waals surface area contributed by atoms with Crippen LogP contribution in [-0.2, 0) is 0 Å². The van der Waals surface area contributed by atoms with Gasteiger partial charge in [-0.15, -0.1) is 0 Å². The third-order valence-corrected chi connectivity index (χ3v) is 7.33. The first-order chi connectivity index (χ1) is 15.1. The van der Waals surface area contributed by atoms with E-state index < -0.39 is 6.10 Å². The monoisotopic (exact) mass is 420 g/mol. The van der Waals surface area contributed by atoms with Gasteiger partial charge in [-0.2, -0.15) is 0 Å². The fourth-order valence-corrected chi connectivity index (χ4v) is 5.55. The Morgan fingerprint density at radius 1 is 1.19 bits per heavy atom. The van der Waals surface area contributed by atoms with Crippen LogP contribution >= 0.6 is 0 Å². The van der Waals surface area contributed by atoms with E-state index in [1.807, 2.05) is 24.3 Å². The first-order valence-electron chi connectivity index (χ1n) is 11.2. The topological polar surface area (TPSA) is 45.6 Å². The molecule has 0 aliphatic carbocycles.